The second kappa shape index (κ2) is 4.80. The number of carboxylic acid groups (broad SMARTS) is 2. The van der Waals surface area contributed by atoms with Gasteiger partial charge in [0.15, 0.2) is 0 Å². The van der Waals surface area contributed by atoms with Crippen molar-refractivity contribution in [1.29, 1.82) is 0 Å². The molecule has 0 unspecified atom stereocenters. The Kier molecular flexibility index (Phi) is 3.79. The molecule has 4 nitrogen and oxygen atoms in total. The summed E-state index contributed by atoms with van der Waals surface area (Å²) in [6, 6.07) is 3.42. The van der Waals surface area contributed by atoms with Crippen molar-refractivity contribution in [3.05, 3.63) is 34.4 Å². The van der Waals surface area contributed by atoms with E-state index in [1.165, 1.54) is 0 Å². The van der Waals surface area contributed by atoms with Crippen LogP contribution in [0.1, 0.15) is 40.9 Å². The third-order valence-electron chi connectivity index (χ3n) is 3.18. The van der Waals surface area contributed by atoms with Crippen LogP contribution in [0.15, 0.2) is 12.1 Å². The molecule has 0 heterocycles. The van der Waals surface area contributed by atoms with Crippen molar-refractivity contribution in [3.63, 3.8) is 0 Å². The normalized spacial score (nSPS) is 11.3. The Morgan fingerprint density at radius 2 is 1.72 bits per heavy atom. The van der Waals surface area contributed by atoms with E-state index in [9.17, 15) is 9.59 Å². The minimum absolute atomic E-state index is 0.242. The van der Waals surface area contributed by atoms with E-state index in [0.29, 0.717) is 6.42 Å². The molecule has 0 fully saturated rings. The van der Waals surface area contributed by atoms with E-state index in [-0.39, 0.29) is 5.56 Å². The lowest BCUT2D eigenvalue weighted by Crippen LogP contribution is -2.26. The summed E-state index contributed by atoms with van der Waals surface area (Å²) < 4.78 is 0. The highest BCUT2D eigenvalue weighted by atomic mass is 16.4. The Bertz CT molecular complexity index is 501. The summed E-state index contributed by atoms with van der Waals surface area (Å²) in [5.41, 5.74) is 1.66. The van der Waals surface area contributed by atoms with Gasteiger partial charge in [-0.2, -0.15) is 0 Å². The fourth-order valence-corrected chi connectivity index (χ4v) is 1.84. The van der Waals surface area contributed by atoms with E-state index in [2.05, 4.69) is 0 Å². The number of hydrogen-bond donors (Lipinski definition) is 2. The molecule has 4 heteroatoms. The Hall–Kier alpha value is -1.84. The Balaban J connectivity index is 3.20. The van der Waals surface area contributed by atoms with Gasteiger partial charge in [0.25, 0.3) is 0 Å². The van der Waals surface area contributed by atoms with Crippen LogP contribution in [0, 0.1) is 19.3 Å². The van der Waals surface area contributed by atoms with Gasteiger partial charge in [0.2, 0.25) is 0 Å². The first kappa shape index (κ1) is 14.2. The van der Waals surface area contributed by atoms with E-state index in [1.54, 1.807) is 26.8 Å². The number of aliphatic carboxylic acids is 1. The summed E-state index contributed by atoms with van der Waals surface area (Å²) in [7, 11) is 0. The fourth-order valence-electron chi connectivity index (χ4n) is 1.84. The molecule has 98 valence electrons. The fraction of sp³-hybridized carbons (Fsp3) is 0.429. The van der Waals surface area contributed by atoms with Gasteiger partial charge in [-0.25, -0.2) is 4.79 Å². The molecular formula is C14H18O4. The van der Waals surface area contributed by atoms with Crippen molar-refractivity contribution in [3.8, 4) is 0 Å². The third-order valence-corrected chi connectivity index (χ3v) is 3.18. The molecule has 0 amide bonds. The van der Waals surface area contributed by atoms with Crippen molar-refractivity contribution in [2.24, 2.45) is 5.41 Å². The molecule has 0 aliphatic rings. The van der Waals surface area contributed by atoms with Crippen LogP contribution >= 0.6 is 0 Å². The van der Waals surface area contributed by atoms with Crippen LogP contribution in [0.4, 0.5) is 0 Å². The quantitative estimate of drug-likeness (QED) is 0.861. The third kappa shape index (κ3) is 2.88. The molecule has 1 aromatic rings. The van der Waals surface area contributed by atoms with Crippen LogP contribution in [-0.4, -0.2) is 22.2 Å². The second-order valence-electron chi connectivity index (χ2n) is 5.26. The zero-order valence-electron chi connectivity index (χ0n) is 11.1. The lowest BCUT2D eigenvalue weighted by molar-refractivity contribution is -0.146. The molecule has 0 saturated carbocycles. The van der Waals surface area contributed by atoms with Gasteiger partial charge in [0, 0.05) is 0 Å². The summed E-state index contributed by atoms with van der Waals surface area (Å²) in [5, 5.41) is 18.2. The number of rotatable bonds is 4. The minimum atomic E-state index is -0.981. The first-order valence-corrected chi connectivity index (χ1v) is 5.72. The van der Waals surface area contributed by atoms with Crippen molar-refractivity contribution in [1.82, 2.24) is 0 Å². The van der Waals surface area contributed by atoms with Crippen LogP contribution in [0.2, 0.25) is 0 Å². The van der Waals surface area contributed by atoms with Crippen LogP contribution in [-0.2, 0) is 11.2 Å². The average Bonchev–Trinajstić information content (AvgIpc) is 2.21. The van der Waals surface area contributed by atoms with E-state index in [1.807, 2.05) is 13.0 Å². The number of benzene rings is 1. The van der Waals surface area contributed by atoms with E-state index >= 15 is 0 Å². The number of carbonyl (C=O) groups is 2. The van der Waals surface area contributed by atoms with Gasteiger partial charge in [-0.05, 0) is 56.9 Å². The molecule has 0 spiro atoms. The van der Waals surface area contributed by atoms with Gasteiger partial charge in [0.05, 0.1) is 11.0 Å². The molecule has 0 radical (unpaired) electrons. The number of aromatic carboxylic acids is 1. The Morgan fingerprint density at radius 1 is 1.17 bits per heavy atom. The van der Waals surface area contributed by atoms with Crippen LogP contribution < -0.4 is 0 Å². The largest absolute Gasteiger partial charge is 0.481 e. The molecule has 0 aliphatic carbocycles. The average molecular weight is 250 g/mol. The number of hydrogen-bond acceptors (Lipinski definition) is 2. The lowest BCUT2D eigenvalue weighted by Gasteiger charge is -2.20. The van der Waals surface area contributed by atoms with Crippen LogP contribution in [0.25, 0.3) is 0 Å². The van der Waals surface area contributed by atoms with E-state index in [0.717, 1.165) is 16.7 Å². The van der Waals surface area contributed by atoms with Crippen LogP contribution in [0.5, 0.6) is 0 Å². The molecule has 1 aromatic carbocycles. The Labute approximate surface area is 106 Å². The predicted octanol–water partition coefficient (Wildman–Crippen LogP) is 2.65. The zero-order valence-corrected chi connectivity index (χ0v) is 11.1. The van der Waals surface area contributed by atoms with Gasteiger partial charge < -0.3 is 10.2 Å². The van der Waals surface area contributed by atoms with E-state index < -0.39 is 17.4 Å². The maximum Gasteiger partial charge on any atom is 0.335 e. The van der Waals surface area contributed by atoms with Crippen molar-refractivity contribution in [2.75, 3.05) is 0 Å². The summed E-state index contributed by atoms with van der Waals surface area (Å²) in [4.78, 5) is 22.2. The zero-order chi connectivity index (χ0) is 14.1. The second-order valence-corrected chi connectivity index (χ2v) is 5.26. The molecule has 0 aromatic heterocycles. The minimum Gasteiger partial charge on any atom is -0.481 e. The Morgan fingerprint density at radius 3 is 2.17 bits per heavy atom. The highest BCUT2D eigenvalue weighted by Gasteiger charge is 2.28. The van der Waals surface area contributed by atoms with E-state index in [4.69, 9.17) is 10.2 Å². The molecule has 1 rings (SSSR count). The molecule has 2 N–H and O–H groups in total. The predicted molar refractivity (Wildman–Crippen MR) is 68.0 cm³/mol. The lowest BCUT2D eigenvalue weighted by atomic mass is 9.84. The molecule has 0 bridgehead atoms. The van der Waals surface area contributed by atoms with Gasteiger partial charge in [0.1, 0.15) is 0 Å². The highest BCUT2D eigenvalue weighted by Crippen LogP contribution is 2.25. The summed E-state index contributed by atoms with van der Waals surface area (Å²) >= 11 is 0. The summed E-state index contributed by atoms with van der Waals surface area (Å²) in [5.74, 6) is -1.87. The molecule has 18 heavy (non-hydrogen) atoms. The maximum absolute atomic E-state index is 11.1. The summed E-state index contributed by atoms with van der Waals surface area (Å²) in [6.07, 6.45) is 0.309. The van der Waals surface area contributed by atoms with Crippen molar-refractivity contribution < 1.29 is 19.8 Å². The standard InChI is InChI=1S/C14H18O4/c1-8-5-10(7-14(3,4)13(17)18)6-11(9(8)2)12(15)16/h5-6H,7H2,1-4H3,(H,15,16)(H,17,18). The molecule has 0 saturated heterocycles. The smallest absolute Gasteiger partial charge is 0.335 e. The molecular weight excluding hydrogens is 232 g/mol. The molecule has 0 atom stereocenters. The van der Waals surface area contributed by atoms with Gasteiger partial charge in [-0.1, -0.05) is 6.07 Å². The topological polar surface area (TPSA) is 74.6 Å². The molecule has 0 aliphatic heterocycles. The monoisotopic (exact) mass is 250 g/mol. The number of aryl methyl sites for hydroxylation is 1. The van der Waals surface area contributed by atoms with Gasteiger partial charge in [-0.3, -0.25) is 4.79 Å². The van der Waals surface area contributed by atoms with Crippen LogP contribution in [0.3, 0.4) is 0 Å². The summed E-state index contributed by atoms with van der Waals surface area (Å²) in [6.45, 7) is 6.85. The van der Waals surface area contributed by atoms with Crippen molar-refractivity contribution >= 4 is 11.9 Å². The first-order chi connectivity index (χ1) is 8.15. The SMILES string of the molecule is Cc1cc(CC(C)(C)C(=O)O)cc(C(=O)O)c1C. The van der Waals surface area contributed by atoms with Gasteiger partial charge >= 0.3 is 11.9 Å². The number of carboxylic acids is 2. The van der Waals surface area contributed by atoms with Crippen molar-refractivity contribution in [2.45, 2.75) is 34.1 Å². The maximum atomic E-state index is 11.1. The first-order valence-electron chi connectivity index (χ1n) is 5.72. The highest BCUT2D eigenvalue weighted by molar-refractivity contribution is 5.90. The van der Waals surface area contributed by atoms with Gasteiger partial charge in [-0.15, -0.1) is 0 Å².